The van der Waals surface area contributed by atoms with Crippen LogP contribution in [0.25, 0.3) is 0 Å². The first-order chi connectivity index (χ1) is 12.1. The maximum atomic E-state index is 12.8. The topological polar surface area (TPSA) is 60.4 Å². The molecule has 0 spiro atoms. The van der Waals surface area contributed by atoms with Crippen molar-refractivity contribution in [3.8, 4) is 0 Å². The van der Waals surface area contributed by atoms with E-state index in [1.165, 1.54) is 39.0 Å². The molecule has 25 heavy (non-hydrogen) atoms. The van der Waals surface area contributed by atoms with Gasteiger partial charge in [0.15, 0.2) is 11.5 Å². The van der Waals surface area contributed by atoms with Crippen LogP contribution in [0.3, 0.4) is 0 Å². The van der Waals surface area contributed by atoms with Crippen LogP contribution in [0.1, 0.15) is 79.0 Å². The van der Waals surface area contributed by atoms with Crippen LogP contribution in [0.15, 0.2) is 35.6 Å². The SMILES string of the molecule is CC(=O)OC1=C(CCCC2CCCCC2)C(=O)c2ccccc2C1=O. The van der Waals surface area contributed by atoms with Gasteiger partial charge in [0.05, 0.1) is 0 Å². The monoisotopic (exact) mass is 340 g/mol. The smallest absolute Gasteiger partial charge is 0.308 e. The first kappa shape index (κ1) is 17.6. The van der Waals surface area contributed by atoms with Crippen molar-refractivity contribution >= 4 is 17.5 Å². The van der Waals surface area contributed by atoms with Crippen LogP contribution in [-0.2, 0) is 9.53 Å². The van der Waals surface area contributed by atoms with E-state index < -0.39 is 5.97 Å². The second kappa shape index (κ2) is 7.77. The van der Waals surface area contributed by atoms with E-state index in [4.69, 9.17) is 4.74 Å². The van der Waals surface area contributed by atoms with Crippen molar-refractivity contribution in [2.75, 3.05) is 0 Å². The van der Waals surface area contributed by atoms with E-state index in [-0.39, 0.29) is 17.3 Å². The van der Waals surface area contributed by atoms with Crippen LogP contribution in [0.2, 0.25) is 0 Å². The number of fused-ring (bicyclic) bond motifs is 1. The Balaban J connectivity index is 1.80. The Morgan fingerprint density at radius 3 is 2.32 bits per heavy atom. The van der Waals surface area contributed by atoms with Gasteiger partial charge < -0.3 is 4.74 Å². The number of rotatable bonds is 5. The molecule has 1 aromatic carbocycles. The minimum absolute atomic E-state index is 0.0696. The lowest BCUT2D eigenvalue weighted by molar-refractivity contribution is -0.136. The van der Waals surface area contributed by atoms with Crippen molar-refractivity contribution in [3.63, 3.8) is 0 Å². The number of carbonyl (C=O) groups excluding carboxylic acids is 3. The van der Waals surface area contributed by atoms with E-state index >= 15 is 0 Å². The predicted molar refractivity (Wildman–Crippen MR) is 94.3 cm³/mol. The number of hydrogen-bond donors (Lipinski definition) is 0. The molecule has 4 heteroatoms. The van der Waals surface area contributed by atoms with Gasteiger partial charge in [-0.25, -0.2) is 0 Å². The summed E-state index contributed by atoms with van der Waals surface area (Å²) in [7, 11) is 0. The second-order valence-corrected chi connectivity index (χ2v) is 7.00. The number of hydrogen-bond acceptors (Lipinski definition) is 4. The quantitative estimate of drug-likeness (QED) is 0.733. The minimum Gasteiger partial charge on any atom is -0.422 e. The van der Waals surface area contributed by atoms with Gasteiger partial charge in [-0.1, -0.05) is 62.8 Å². The summed E-state index contributed by atoms with van der Waals surface area (Å²) in [6.45, 7) is 1.25. The molecule has 0 bridgehead atoms. The molecule has 132 valence electrons. The summed E-state index contributed by atoms with van der Waals surface area (Å²) in [6, 6.07) is 6.74. The summed E-state index contributed by atoms with van der Waals surface area (Å²) in [5.74, 6) is -0.471. The maximum absolute atomic E-state index is 12.8. The van der Waals surface area contributed by atoms with Crippen molar-refractivity contribution in [1.82, 2.24) is 0 Å². The fourth-order valence-electron chi connectivity index (χ4n) is 3.93. The first-order valence-corrected chi connectivity index (χ1v) is 9.18. The van der Waals surface area contributed by atoms with E-state index in [9.17, 15) is 14.4 Å². The number of Topliss-reactive ketones (excluding diaryl/α,β-unsaturated/α-hetero) is 2. The molecule has 0 atom stereocenters. The molecule has 1 saturated carbocycles. The van der Waals surface area contributed by atoms with Gasteiger partial charge >= 0.3 is 5.97 Å². The third kappa shape index (κ3) is 3.89. The standard InChI is InChI=1S/C21H24O4/c1-14(22)25-21-18(13-7-10-15-8-3-2-4-9-15)19(23)16-11-5-6-12-17(16)20(21)24/h5-6,11-12,15H,2-4,7-10,13H2,1H3. The molecule has 0 aliphatic heterocycles. The highest BCUT2D eigenvalue weighted by Gasteiger charge is 2.33. The highest BCUT2D eigenvalue weighted by atomic mass is 16.5. The maximum Gasteiger partial charge on any atom is 0.308 e. The normalized spacial score (nSPS) is 18.3. The van der Waals surface area contributed by atoms with Gasteiger partial charge in [-0.3, -0.25) is 14.4 Å². The summed E-state index contributed by atoms with van der Waals surface area (Å²) < 4.78 is 5.16. The van der Waals surface area contributed by atoms with Crippen molar-refractivity contribution in [3.05, 3.63) is 46.7 Å². The Hall–Kier alpha value is -2.23. The fraction of sp³-hybridized carbons (Fsp3) is 0.476. The zero-order valence-electron chi connectivity index (χ0n) is 14.7. The molecule has 0 N–H and O–H groups in total. The number of carbonyl (C=O) groups is 3. The Labute approximate surface area is 148 Å². The van der Waals surface area contributed by atoms with E-state index in [0.717, 1.165) is 12.8 Å². The Kier molecular flexibility index (Phi) is 5.47. The van der Waals surface area contributed by atoms with Gasteiger partial charge in [0, 0.05) is 23.6 Å². The van der Waals surface area contributed by atoms with Gasteiger partial charge in [0.1, 0.15) is 0 Å². The molecule has 1 fully saturated rings. The molecule has 0 unspecified atom stereocenters. The molecule has 4 nitrogen and oxygen atoms in total. The molecular formula is C21H24O4. The molecule has 0 aromatic heterocycles. The summed E-state index contributed by atoms with van der Waals surface area (Å²) in [5, 5.41) is 0. The Morgan fingerprint density at radius 2 is 1.68 bits per heavy atom. The molecule has 2 aliphatic carbocycles. The third-order valence-corrected chi connectivity index (χ3v) is 5.18. The minimum atomic E-state index is -0.569. The average Bonchev–Trinajstić information content (AvgIpc) is 2.62. The van der Waals surface area contributed by atoms with Crippen molar-refractivity contribution in [1.29, 1.82) is 0 Å². The summed E-state index contributed by atoms with van der Waals surface area (Å²) in [5.41, 5.74) is 1.09. The van der Waals surface area contributed by atoms with Crippen LogP contribution >= 0.6 is 0 Å². The highest BCUT2D eigenvalue weighted by Crippen LogP contribution is 2.32. The Bertz CT molecular complexity index is 723. The fourth-order valence-corrected chi connectivity index (χ4v) is 3.93. The summed E-state index contributed by atoms with van der Waals surface area (Å²) >= 11 is 0. The van der Waals surface area contributed by atoms with Crippen LogP contribution in [-0.4, -0.2) is 17.5 Å². The molecule has 0 amide bonds. The van der Waals surface area contributed by atoms with Crippen molar-refractivity contribution in [2.24, 2.45) is 5.92 Å². The third-order valence-electron chi connectivity index (χ3n) is 5.18. The summed E-state index contributed by atoms with van der Waals surface area (Å²) in [4.78, 5) is 36.9. The molecule has 0 saturated heterocycles. The van der Waals surface area contributed by atoms with Gasteiger partial charge in [0.25, 0.3) is 0 Å². The van der Waals surface area contributed by atoms with Crippen LogP contribution in [0, 0.1) is 5.92 Å². The lowest BCUT2D eigenvalue weighted by Gasteiger charge is -2.23. The van der Waals surface area contributed by atoms with Crippen LogP contribution in [0.5, 0.6) is 0 Å². The van der Waals surface area contributed by atoms with Crippen molar-refractivity contribution < 1.29 is 19.1 Å². The molecule has 0 heterocycles. The van der Waals surface area contributed by atoms with E-state index in [1.54, 1.807) is 24.3 Å². The zero-order valence-corrected chi connectivity index (χ0v) is 14.7. The van der Waals surface area contributed by atoms with Crippen molar-refractivity contribution in [2.45, 2.75) is 58.3 Å². The second-order valence-electron chi connectivity index (χ2n) is 7.00. The predicted octanol–water partition coefficient (Wildman–Crippen LogP) is 4.63. The lowest BCUT2D eigenvalue weighted by atomic mass is 9.83. The zero-order chi connectivity index (χ0) is 17.8. The molecule has 1 aromatic rings. The molecule has 3 rings (SSSR count). The summed E-state index contributed by atoms with van der Waals surface area (Å²) in [6.07, 6.45) is 8.79. The lowest BCUT2D eigenvalue weighted by Crippen LogP contribution is -2.24. The van der Waals surface area contributed by atoms with E-state index in [1.807, 2.05) is 0 Å². The molecular weight excluding hydrogens is 316 g/mol. The highest BCUT2D eigenvalue weighted by molar-refractivity contribution is 6.26. The van der Waals surface area contributed by atoms with Crippen LogP contribution in [0.4, 0.5) is 0 Å². The number of allylic oxidation sites excluding steroid dienone is 2. The Morgan fingerprint density at radius 1 is 1.04 bits per heavy atom. The first-order valence-electron chi connectivity index (χ1n) is 9.18. The van der Waals surface area contributed by atoms with Gasteiger partial charge in [-0.15, -0.1) is 0 Å². The molecule has 0 radical (unpaired) electrons. The molecule has 2 aliphatic rings. The number of benzene rings is 1. The largest absolute Gasteiger partial charge is 0.422 e. The van der Waals surface area contributed by atoms with E-state index in [2.05, 4.69) is 0 Å². The van der Waals surface area contributed by atoms with E-state index in [0.29, 0.717) is 29.0 Å². The number of ketones is 2. The van der Waals surface area contributed by atoms with Gasteiger partial charge in [-0.05, 0) is 18.8 Å². The van der Waals surface area contributed by atoms with Gasteiger partial charge in [0.2, 0.25) is 5.78 Å². The van der Waals surface area contributed by atoms with Crippen LogP contribution < -0.4 is 0 Å². The van der Waals surface area contributed by atoms with Gasteiger partial charge in [-0.2, -0.15) is 0 Å². The number of ether oxygens (including phenoxy) is 1. The number of esters is 1. The average molecular weight is 340 g/mol.